The molecule has 1 aromatic rings. The van der Waals surface area contributed by atoms with Crippen LogP contribution in [0.5, 0.6) is 5.75 Å². The molecule has 6 nitrogen and oxygen atoms in total. The highest BCUT2D eigenvalue weighted by Crippen LogP contribution is 2.25. The molecule has 1 N–H and O–H groups in total. The van der Waals surface area contributed by atoms with Gasteiger partial charge in [-0.2, -0.15) is 0 Å². The van der Waals surface area contributed by atoms with E-state index in [2.05, 4.69) is 5.32 Å². The quantitative estimate of drug-likeness (QED) is 0.492. The molecule has 0 unspecified atom stereocenters. The van der Waals surface area contributed by atoms with Gasteiger partial charge in [0.2, 0.25) is 17.5 Å². The smallest absolute Gasteiger partial charge is 0.377 e. The van der Waals surface area contributed by atoms with Crippen LogP contribution < -0.4 is 10.1 Å². The average Bonchev–Trinajstić information content (AvgIpc) is 2.73. The molecule has 1 amide bonds. The van der Waals surface area contributed by atoms with Crippen LogP contribution in [0.1, 0.15) is 20.3 Å². The Kier molecular flexibility index (Phi) is 5.20. The van der Waals surface area contributed by atoms with Gasteiger partial charge in [0, 0.05) is 20.4 Å². The Morgan fingerprint density at radius 3 is 2.61 bits per heavy atom. The van der Waals surface area contributed by atoms with Crippen LogP contribution in [0, 0.1) is 5.82 Å². The number of carbonyl (C=O) groups excluding carboxylic acids is 2. The lowest BCUT2D eigenvalue weighted by Crippen LogP contribution is -2.24. The van der Waals surface area contributed by atoms with E-state index in [0.717, 1.165) is 6.08 Å². The zero-order chi connectivity index (χ0) is 16.9. The molecule has 1 fully saturated rings. The fraction of sp³-hybridized carbons (Fsp3) is 0.375. The van der Waals surface area contributed by atoms with E-state index in [1.54, 1.807) is 13.8 Å². The lowest BCUT2D eigenvalue weighted by atomic mass is 10.3. The third-order valence-corrected chi connectivity index (χ3v) is 2.86. The van der Waals surface area contributed by atoms with Crippen LogP contribution in [-0.4, -0.2) is 30.8 Å². The summed E-state index contributed by atoms with van der Waals surface area (Å²) in [6.07, 6.45) is 1.63. The normalized spacial score (nSPS) is 17.5. The van der Waals surface area contributed by atoms with Gasteiger partial charge in [0.25, 0.3) is 0 Å². The Morgan fingerprint density at radius 1 is 1.30 bits per heavy atom. The van der Waals surface area contributed by atoms with Crippen LogP contribution >= 0.6 is 0 Å². The number of benzene rings is 1. The van der Waals surface area contributed by atoms with Gasteiger partial charge in [0.05, 0.1) is 12.7 Å². The van der Waals surface area contributed by atoms with E-state index >= 15 is 0 Å². The maximum Gasteiger partial charge on any atom is 0.377 e. The van der Waals surface area contributed by atoms with Crippen molar-refractivity contribution in [2.24, 2.45) is 0 Å². The van der Waals surface area contributed by atoms with Crippen molar-refractivity contribution in [2.45, 2.75) is 26.1 Å². The van der Waals surface area contributed by atoms with E-state index < -0.39 is 17.7 Å². The fourth-order valence-electron chi connectivity index (χ4n) is 1.86. The van der Waals surface area contributed by atoms with Crippen molar-refractivity contribution in [3.8, 4) is 5.75 Å². The minimum Gasteiger partial charge on any atom is -0.494 e. The van der Waals surface area contributed by atoms with Crippen molar-refractivity contribution in [3.05, 3.63) is 41.9 Å². The van der Waals surface area contributed by atoms with E-state index in [0.29, 0.717) is 25.3 Å². The van der Waals surface area contributed by atoms with Gasteiger partial charge in [-0.1, -0.05) is 0 Å². The van der Waals surface area contributed by atoms with Gasteiger partial charge in [0.15, 0.2) is 0 Å². The molecule has 1 heterocycles. The van der Waals surface area contributed by atoms with E-state index in [1.807, 2.05) is 0 Å². The van der Waals surface area contributed by atoms with Crippen LogP contribution in [0.15, 0.2) is 36.1 Å². The number of rotatable bonds is 6. The molecule has 7 heteroatoms. The van der Waals surface area contributed by atoms with Gasteiger partial charge in [-0.3, -0.25) is 4.79 Å². The standard InChI is InChI=1S/C16H18FNO5/c1-16(2)22-13(15(20)23-16)10-14(19)18-8-3-9-21-12-6-4-11(17)5-7-12/h4-7,10H,3,8-9H2,1-2H3,(H,18,19). The first-order chi connectivity index (χ1) is 10.9. The summed E-state index contributed by atoms with van der Waals surface area (Å²) < 4.78 is 28.2. The number of cyclic esters (lactones) is 1. The summed E-state index contributed by atoms with van der Waals surface area (Å²) in [5.41, 5.74) is 0. The van der Waals surface area contributed by atoms with Gasteiger partial charge in [-0.15, -0.1) is 0 Å². The number of hydrogen-bond donors (Lipinski definition) is 1. The summed E-state index contributed by atoms with van der Waals surface area (Å²) in [6.45, 7) is 3.89. The molecule has 0 spiro atoms. The van der Waals surface area contributed by atoms with Crippen molar-refractivity contribution in [2.75, 3.05) is 13.2 Å². The summed E-state index contributed by atoms with van der Waals surface area (Å²) in [5, 5.41) is 2.61. The Labute approximate surface area is 133 Å². The molecular formula is C16H18FNO5. The fourth-order valence-corrected chi connectivity index (χ4v) is 1.86. The zero-order valence-electron chi connectivity index (χ0n) is 12.9. The number of hydrogen-bond acceptors (Lipinski definition) is 5. The molecule has 0 aliphatic carbocycles. The van der Waals surface area contributed by atoms with Crippen LogP contribution in [0.2, 0.25) is 0 Å². The lowest BCUT2D eigenvalue weighted by Gasteiger charge is -2.13. The summed E-state index contributed by atoms with van der Waals surface area (Å²) in [5.74, 6) is -2.04. The summed E-state index contributed by atoms with van der Waals surface area (Å²) in [4.78, 5) is 23.1. The number of ether oxygens (including phenoxy) is 3. The van der Waals surface area contributed by atoms with Crippen LogP contribution in [0.3, 0.4) is 0 Å². The van der Waals surface area contributed by atoms with Crippen molar-refractivity contribution in [1.82, 2.24) is 5.32 Å². The van der Waals surface area contributed by atoms with Gasteiger partial charge in [0.1, 0.15) is 11.6 Å². The van der Waals surface area contributed by atoms with Crippen LogP contribution in [-0.2, 0) is 19.1 Å². The highest BCUT2D eigenvalue weighted by Gasteiger charge is 2.37. The van der Waals surface area contributed by atoms with Crippen molar-refractivity contribution in [1.29, 1.82) is 0 Å². The van der Waals surface area contributed by atoms with Crippen molar-refractivity contribution < 1.29 is 28.2 Å². The van der Waals surface area contributed by atoms with Gasteiger partial charge < -0.3 is 19.5 Å². The Balaban J connectivity index is 1.67. The van der Waals surface area contributed by atoms with E-state index in [1.165, 1.54) is 24.3 Å². The average molecular weight is 323 g/mol. The second-order valence-electron chi connectivity index (χ2n) is 5.35. The highest BCUT2D eigenvalue weighted by atomic mass is 19.1. The molecule has 1 aliphatic rings. The third kappa shape index (κ3) is 5.28. The predicted octanol–water partition coefficient (Wildman–Crippen LogP) is 1.90. The maximum absolute atomic E-state index is 12.7. The molecule has 124 valence electrons. The predicted molar refractivity (Wildman–Crippen MR) is 78.9 cm³/mol. The first kappa shape index (κ1) is 16.8. The molecule has 1 saturated heterocycles. The Hall–Kier alpha value is -2.57. The van der Waals surface area contributed by atoms with E-state index in [9.17, 15) is 14.0 Å². The summed E-state index contributed by atoms with van der Waals surface area (Å²) in [6, 6.07) is 5.68. The van der Waals surface area contributed by atoms with Crippen molar-refractivity contribution >= 4 is 11.9 Å². The zero-order valence-corrected chi connectivity index (χ0v) is 12.9. The van der Waals surface area contributed by atoms with Gasteiger partial charge in [-0.05, 0) is 30.7 Å². The molecular weight excluding hydrogens is 305 g/mol. The largest absolute Gasteiger partial charge is 0.494 e. The number of halogens is 1. The number of amides is 1. The molecule has 0 bridgehead atoms. The van der Waals surface area contributed by atoms with E-state index in [4.69, 9.17) is 14.2 Å². The topological polar surface area (TPSA) is 73.9 Å². The third-order valence-electron chi connectivity index (χ3n) is 2.86. The minimum atomic E-state index is -1.05. The van der Waals surface area contributed by atoms with E-state index in [-0.39, 0.29) is 11.6 Å². The Bertz CT molecular complexity index is 609. The SMILES string of the molecule is CC1(C)OC(=O)C(=CC(=O)NCCCOc2ccc(F)cc2)O1. The van der Waals surface area contributed by atoms with Gasteiger partial charge >= 0.3 is 5.97 Å². The molecule has 0 saturated carbocycles. The van der Waals surface area contributed by atoms with Crippen LogP contribution in [0.4, 0.5) is 4.39 Å². The second kappa shape index (κ2) is 7.13. The van der Waals surface area contributed by atoms with Crippen molar-refractivity contribution in [3.63, 3.8) is 0 Å². The first-order valence-corrected chi connectivity index (χ1v) is 7.16. The first-order valence-electron chi connectivity index (χ1n) is 7.16. The van der Waals surface area contributed by atoms with Gasteiger partial charge in [-0.25, -0.2) is 9.18 Å². The minimum absolute atomic E-state index is 0.116. The molecule has 0 aromatic heterocycles. The molecule has 1 aromatic carbocycles. The monoisotopic (exact) mass is 323 g/mol. The summed E-state index contributed by atoms with van der Waals surface area (Å²) >= 11 is 0. The highest BCUT2D eigenvalue weighted by molar-refractivity contribution is 5.97. The molecule has 0 atom stereocenters. The summed E-state index contributed by atoms with van der Waals surface area (Å²) in [7, 11) is 0. The number of carbonyl (C=O) groups is 2. The second-order valence-corrected chi connectivity index (χ2v) is 5.35. The molecule has 1 aliphatic heterocycles. The number of nitrogens with one attached hydrogen (secondary N) is 1. The molecule has 0 radical (unpaired) electrons. The van der Waals surface area contributed by atoms with Crippen LogP contribution in [0.25, 0.3) is 0 Å². The lowest BCUT2D eigenvalue weighted by molar-refractivity contribution is -0.159. The molecule has 23 heavy (non-hydrogen) atoms. The molecule has 2 rings (SSSR count). The Morgan fingerprint density at radius 2 is 2.00 bits per heavy atom. The maximum atomic E-state index is 12.7. The number of esters is 1.